The Kier molecular flexibility index (Phi) is 4.08. The van der Waals surface area contributed by atoms with Crippen molar-refractivity contribution in [1.82, 2.24) is 10.2 Å². The molecule has 1 fully saturated rings. The molecule has 1 aliphatic rings. The molecular weight excluding hydrogens is 204 g/mol. The number of nitrogens with one attached hydrogen (secondary N) is 1. The second-order valence-electron chi connectivity index (χ2n) is 5.42. The van der Waals surface area contributed by atoms with Crippen LogP contribution in [-0.2, 0) is 9.59 Å². The minimum atomic E-state index is -0.156. The van der Waals surface area contributed by atoms with E-state index in [0.717, 1.165) is 12.8 Å². The summed E-state index contributed by atoms with van der Waals surface area (Å²) in [6, 6.07) is -0.156. The molecule has 0 bridgehead atoms. The number of carbonyl (C=O) groups is 2. The average molecular weight is 226 g/mol. The second-order valence-corrected chi connectivity index (χ2v) is 5.42. The lowest BCUT2D eigenvalue weighted by atomic mass is 9.83. The monoisotopic (exact) mass is 226 g/mol. The number of Topliss-reactive ketones (excluding diaryl/α,β-unsaturated/α-hetero) is 1. The number of rotatable bonds is 3. The van der Waals surface area contributed by atoms with Crippen molar-refractivity contribution in [3.8, 4) is 0 Å². The molecule has 16 heavy (non-hydrogen) atoms. The van der Waals surface area contributed by atoms with E-state index < -0.39 is 0 Å². The first-order valence-corrected chi connectivity index (χ1v) is 5.81. The van der Waals surface area contributed by atoms with Crippen LogP contribution in [0, 0.1) is 5.41 Å². The minimum absolute atomic E-state index is 0.0444. The van der Waals surface area contributed by atoms with Gasteiger partial charge in [0.1, 0.15) is 5.78 Å². The third-order valence-electron chi connectivity index (χ3n) is 3.19. The van der Waals surface area contributed by atoms with Crippen LogP contribution in [0.3, 0.4) is 0 Å². The fourth-order valence-corrected chi connectivity index (χ4v) is 2.16. The predicted molar refractivity (Wildman–Crippen MR) is 63.1 cm³/mol. The lowest BCUT2D eigenvalue weighted by Crippen LogP contribution is -2.45. The fourth-order valence-electron chi connectivity index (χ4n) is 2.16. The van der Waals surface area contributed by atoms with Crippen molar-refractivity contribution in [2.45, 2.75) is 39.7 Å². The molecule has 0 saturated carbocycles. The van der Waals surface area contributed by atoms with Gasteiger partial charge in [-0.15, -0.1) is 0 Å². The molecule has 1 N–H and O–H groups in total. The maximum absolute atomic E-state index is 12.1. The van der Waals surface area contributed by atoms with Crippen LogP contribution in [0.15, 0.2) is 0 Å². The topological polar surface area (TPSA) is 49.4 Å². The number of ketones is 1. The Morgan fingerprint density at radius 3 is 2.69 bits per heavy atom. The van der Waals surface area contributed by atoms with Crippen molar-refractivity contribution in [2.75, 3.05) is 20.1 Å². The van der Waals surface area contributed by atoms with Crippen molar-refractivity contribution in [1.29, 1.82) is 0 Å². The quantitative estimate of drug-likeness (QED) is 0.775. The van der Waals surface area contributed by atoms with E-state index in [0.29, 0.717) is 6.54 Å². The molecule has 1 saturated heterocycles. The summed E-state index contributed by atoms with van der Waals surface area (Å²) < 4.78 is 0. The van der Waals surface area contributed by atoms with Gasteiger partial charge in [-0.2, -0.15) is 0 Å². The van der Waals surface area contributed by atoms with Gasteiger partial charge in [0.2, 0.25) is 5.91 Å². The first kappa shape index (κ1) is 13.2. The van der Waals surface area contributed by atoms with Gasteiger partial charge in [0.05, 0.1) is 12.6 Å². The minimum Gasteiger partial charge on any atom is -0.334 e. The molecule has 0 aromatic rings. The van der Waals surface area contributed by atoms with Crippen molar-refractivity contribution in [3.63, 3.8) is 0 Å². The van der Waals surface area contributed by atoms with Crippen LogP contribution in [0.2, 0.25) is 0 Å². The SMILES string of the molecule is CNC1CC(C)(C)CCN(CC(C)=O)C1=O. The van der Waals surface area contributed by atoms with Crippen LogP contribution in [0.5, 0.6) is 0 Å². The first-order valence-electron chi connectivity index (χ1n) is 5.81. The van der Waals surface area contributed by atoms with Crippen LogP contribution in [0.4, 0.5) is 0 Å². The molecule has 4 nitrogen and oxygen atoms in total. The first-order chi connectivity index (χ1) is 7.35. The molecule has 1 heterocycles. The molecule has 1 amide bonds. The van der Waals surface area contributed by atoms with Crippen LogP contribution in [0.25, 0.3) is 0 Å². The average Bonchev–Trinajstić information content (AvgIpc) is 2.28. The molecule has 0 aromatic heterocycles. The van der Waals surface area contributed by atoms with Gasteiger partial charge >= 0.3 is 0 Å². The zero-order chi connectivity index (χ0) is 12.3. The largest absolute Gasteiger partial charge is 0.334 e. The number of likely N-dealkylation sites (tertiary alicyclic amines) is 1. The summed E-state index contributed by atoms with van der Waals surface area (Å²) in [4.78, 5) is 24.9. The summed E-state index contributed by atoms with van der Waals surface area (Å²) in [5.74, 6) is 0.103. The van der Waals surface area contributed by atoms with E-state index in [2.05, 4.69) is 19.2 Å². The van der Waals surface area contributed by atoms with Crippen LogP contribution >= 0.6 is 0 Å². The third kappa shape index (κ3) is 3.30. The van der Waals surface area contributed by atoms with E-state index in [9.17, 15) is 9.59 Å². The van der Waals surface area contributed by atoms with Gasteiger partial charge in [0, 0.05) is 6.54 Å². The summed E-state index contributed by atoms with van der Waals surface area (Å²) >= 11 is 0. The number of hydrogen-bond donors (Lipinski definition) is 1. The van der Waals surface area contributed by atoms with Gasteiger partial charge in [-0.25, -0.2) is 0 Å². The van der Waals surface area contributed by atoms with Gasteiger partial charge in [0.25, 0.3) is 0 Å². The molecule has 1 aliphatic heterocycles. The van der Waals surface area contributed by atoms with Crippen LogP contribution < -0.4 is 5.32 Å². The number of carbonyl (C=O) groups excluding carboxylic acids is 2. The lowest BCUT2D eigenvalue weighted by Gasteiger charge is -2.24. The highest BCUT2D eigenvalue weighted by Gasteiger charge is 2.34. The smallest absolute Gasteiger partial charge is 0.240 e. The molecule has 1 unspecified atom stereocenters. The summed E-state index contributed by atoms with van der Waals surface area (Å²) in [5.41, 5.74) is 0.148. The van der Waals surface area contributed by atoms with Crippen LogP contribution in [-0.4, -0.2) is 42.8 Å². The Morgan fingerprint density at radius 2 is 2.19 bits per heavy atom. The third-order valence-corrected chi connectivity index (χ3v) is 3.19. The van der Waals surface area contributed by atoms with Gasteiger partial charge in [-0.1, -0.05) is 13.8 Å². The Morgan fingerprint density at radius 1 is 1.56 bits per heavy atom. The zero-order valence-electron chi connectivity index (χ0n) is 10.7. The molecule has 1 atom stereocenters. The zero-order valence-corrected chi connectivity index (χ0v) is 10.7. The Hall–Kier alpha value is -0.900. The fraction of sp³-hybridized carbons (Fsp3) is 0.833. The Bertz CT molecular complexity index is 287. The normalized spacial score (nSPS) is 25.4. The van der Waals surface area contributed by atoms with E-state index in [1.165, 1.54) is 6.92 Å². The highest BCUT2D eigenvalue weighted by atomic mass is 16.2. The van der Waals surface area contributed by atoms with Crippen LogP contribution in [0.1, 0.15) is 33.6 Å². The van der Waals surface area contributed by atoms with Crippen molar-refractivity contribution in [2.24, 2.45) is 5.41 Å². The molecule has 0 radical (unpaired) electrons. The maximum atomic E-state index is 12.1. The summed E-state index contributed by atoms with van der Waals surface area (Å²) in [5, 5.41) is 3.05. The molecule has 0 aromatic carbocycles. The Balaban J connectivity index is 2.80. The second kappa shape index (κ2) is 4.95. The number of hydrogen-bond acceptors (Lipinski definition) is 3. The van der Waals surface area contributed by atoms with E-state index in [4.69, 9.17) is 0 Å². The number of nitrogens with zero attached hydrogens (tertiary/aromatic N) is 1. The molecule has 4 heteroatoms. The molecule has 92 valence electrons. The van der Waals surface area contributed by atoms with Gasteiger partial charge < -0.3 is 10.2 Å². The predicted octanol–water partition coefficient (Wildman–Crippen LogP) is 0.812. The van der Waals surface area contributed by atoms with Crippen molar-refractivity contribution in [3.05, 3.63) is 0 Å². The Labute approximate surface area is 97.4 Å². The number of likely N-dealkylation sites (N-methyl/N-ethyl adjacent to an activating group) is 1. The standard InChI is InChI=1S/C12H22N2O2/c1-9(15)8-14-6-5-12(2,3)7-10(13-4)11(14)16/h10,13H,5-8H2,1-4H3. The molecule has 0 spiro atoms. The maximum Gasteiger partial charge on any atom is 0.240 e. The van der Waals surface area contributed by atoms with Gasteiger partial charge in [0.15, 0.2) is 0 Å². The van der Waals surface area contributed by atoms with E-state index in [1.807, 2.05) is 0 Å². The van der Waals surface area contributed by atoms with Crippen molar-refractivity contribution < 1.29 is 9.59 Å². The highest BCUT2D eigenvalue weighted by Crippen LogP contribution is 2.30. The van der Waals surface area contributed by atoms with E-state index in [1.54, 1.807) is 11.9 Å². The summed E-state index contributed by atoms with van der Waals surface area (Å²) in [6.45, 7) is 6.79. The molecular formula is C12H22N2O2. The van der Waals surface area contributed by atoms with Crippen molar-refractivity contribution >= 4 is 11.7 Å². The highest BCUT2D eigenvalue weighted by molar-refractivity contribution is 5.87. The summed E-state index contributed by atoms with van der Waals surface area (Å²) in [7, 11) is 1.80. The van der Waals surface area contributed by atoms with Gasteiger partial charge in [-0.3, -0.25) is 9.59 Å². The van der Waals surface area contributed by atoms with E-state index >= 15 is 0 Å². The summed E-state index contributed by atoms with van der Waals surface area (Å²) in [6.07, 6.45) is 1.78. The van der Waals surface area contributed by atoms with E-state index in [-0.39, 0.29) is 29.7 Å². The lowest BCUT2D eigenvalue weighted by molar-refractivity contribution is -0.136. The molecule has 0 aliphatic carbocycles. The number of amides is 1. The molecule has 1 rings (SSSR count). The van der Waals surface area contributed by atoms with Gasteiger partial charge in [-0.05, 0) is 32.2 Å².